The molecule has 182 valence electrons. The number of hydrogen-bond donors (Lipinski definition) is 1. The molecule has 11 heteroatoms. The molecule has 9 nitrogen and oxygen atoms in total. The zero-order valence-corrected chi connectivity index (χ0v) is 21.2. The quantitative estimate of drug-likeness (QED) is 0.215. The van der Waals surface area contributed by atoms with Gasteiger partial charge in [-0.15, -0.1) is 0 Å². The number of halogens is 1. The van der Waals surface area contributed by atoms with Crippen LogP contribution >= 0.6 is 27.7 Å². The van der Waals surface area contributed by atoms with Crippen LogP contribution in [0, 0.1) is 10.1 Å². The summed E-state index contributed by atoms with van der Waals surface area (Å²) in [4.78, 5) is 40.6. The van der Waals surface area contributed by atoms with E-state index >= 15 is 0 Å². The second-order valence-corrected chi connectivity index (χ2v) is 9.49. The zero-order valence-electron chi connectivity index (χ0n) is 18.8. The van der Waals surface area contributed by atoms with Gasteiger partial charge < -0.3 is 9.84 Å². The highest BCUT2D eigenvalue weighted by Crippen LogP contribution is 2.35. The molecule has 1 N–H and O–H groups in total. The monoisotopic (exact) mass is 567 g/mol. The van der Waals surface area contributed by atoms with Crippen molar-refractivity contribution in [2.45, 2.75) is 6.61 Å². The molecule has 1 heterocycles. The Morgan fingerprint density at radius 1 is 1.19 bits per heavy atom. The number of hydrogen-bond acceptors (Lipinski definition) is 7. The van der Waals surface area contributed by atoms with E-state index in [0.717, 1.165) is 5.56 Å². The molecule has 3 aromatic carbocycles. The third kappa shape index (κ3) is 5.81. The second-order valence-electron chi connectivity index (χ2n) is 7.63. The van der Waals surface area contributed by atoms with E-state index in [1.807, 2.05) is 6.07 Å². The zero-order chi connectivity index (χ0) is 25.8. The topological polar surface area (TPSA) is 122 Å². The molecule has 0 aliphatic carbocycles. The van der Waals surface area contributed by atoms with Crippen LogP contribution in [0.25, 0.3) is 6.08 Å². The van der Waals surface area contributed by atoms with Gasteiger partial charge in [-0.3, -0.25) is 19.8 Å². The van der Waals surface area contributed by atoms with Gasteiger partial charge in [-0.05, 0) is 81.3 Å². The minimum Gasteiger partial charge on any atom is -0.488 e. The molecule has 4 rings (SSSR count). The summed E-state index contributed by atoms with van der Waals surface area (Å²) in [5, 5.41) is 20.4. The highest BCUT2D eigenvalue weighted by Gasteiger charge is 2.30. The van der Waals surface area contributed by atoms with E-state index in [-0.39, 0.29) is 23.8 Å². The summed E-state index contributed by atoms with van der Waals surface area (Å²) in [6, 6.07) is 17.7. The fourth-order valence-electron chi connectivity index (χ4n) is 3.24. The van der Waals surface area contributed by atoms with Crippen LogP contribution in [0.15, 0.2) is 81.1 Å². The van der Waals surface area contributed by atoms with Gasteiger partial charge in [0.1, 0.15) is 12.4 Å². The van der Waals surface area contributed by atoms with Gasteiger partial charge in [-0.2, -0.15) is 0 Å². The molecule has 3 aromatic rings. The van der Waals surface area contributed by atoms with Crippen LogP contribution in [0.5, 0.6) is 5.75 Å². The summed E-state index contributed by atoms with van der Waals surface area (Å²) in [7, 11) is 1.63. The van der Waals surface area contributed by atoms with Gasteiger partial charge in [0.15, 0.2) is 5.17 Å². The lowest BCUT2D eigenvalue weighted by Crippen LogP contribution is -2.23. The molecular weight excluding hydrogens is 550 g/mol. The molecular formula is C25H18BrN3O6S. The number of carbonyl (C=O) groups is 2. The van der Waals surface area contributed by atoms with E-state index in [1.165, 1.54) is 40.9 Å². The molecule has 0 saturated carbocycles. The number of nitro groups is 1. The second kappa shape index (κ2) is 10.8. The molecule has 0 radical (unpaired) electrons. The average molecular weight is 568 g/mol. The Bertz CT molecular complexity index is 1420. The number of carboxylic acids is 1. The maximum absolute atomic E-state index is 12.7. The van der Waals surface area contributed by atoms with Gasteiger partial charge in [0.2, 0.25) is 0 Å². The maximum Gasteiger partial charge on any atom is 0.335 e. The van der Waals surface area contributed by atoms with E-state index in [0.29, 0.717) is 31.5 Å². The van der Waals surface area contributed by atoms with Crippen molar-refractivity contribution >= 4 is 62.2 Å². The number of carboxylic acid groups (broad SMARTS) is 1. The van der Waals surface area contributed by atoms with Crippen LogP contribution in [0.1, 0.15) is 21.5 Å². The maximum atomic E-state index is 12.7. The number of amidine groups is 1. The number of ether oxygens (including phenoxy) is 1. The molecule has 36 heavy (non-hydrogen) atoms. The van der Waals surface area contributed by atoms with Crippen molar-refractivity contribution in [2.24, 2.45) is 4.99 Å². The van der Waals surface area contributed by atoms with Crippen LogP contribution in [0.3, 0.4) is 0 Å². The number of thioether (sulfide) groups is 1. The Labute approximate surface area is 218 Å². The van der Waals surface area contributed by atoms with Crippen LogP contribution in [-0.2, 0) is 11.4 Å². The summed E-state index contributed by atoms with van der Waals surface area (Å²) >= 11 is 4.69. The minimum absolute atomic E-state index is 0.000946. The summed E-state index contributed by atoms with van der Waals surface area (Å²) in [5.41, 5.74) is 2.13. The molecule has 1 amide bonds. The van der Waals surface area contributed by atoms with Gasteiger partial charge in [-0.25, -0.2) is 9.79 Å². The molecule has 1 fully saturated rings. The fraction of sp³-hybridized carbons (Fsp3) is 0.0800. The predicted octanol–water partition coefficient (Wildman–Crippen LogP) is 5.87. The number of benzene rings is 3. The molecule has 0 aromatic heterocycles. The van der Waals surface area contributed by atoms with E-state index in [2.05, 4.69) is 20.9 Å². The summed E-state index contributed by atoms with van der Waals surface area (Å²) in [6.07, 6.45) is 1.74. The number of rotatable bonds is 7. The number of nitro benzene ring substituents is 1. The van der Waals surface area contributed by atoms with E-state index in [1.54, 1.807) is 49.5 Å². The van der Waals surface area contributed by atoms with Gasteiger partial charge in [0.25, 0.3) is 11.6 Å². The van der Waals surface area contributed by atoms with Crippen molar-refractivity contribution in [3.05, 3.63) is 103 Å². The Morgan fingerprint density at radius 3 is 2.61 bits per heavy atom. The Balaban J connectivity index is 1.47. The third-order valence-corrected chi connectivity index (χ3v) is 6.79. The largest absolute Gasteiger partial charge is 0.488 e. The smallest absolute Gasteiger partial charge is 0.335 e. The Hall–Kier alpha value is -3.96. The highest BCUT2D eigenvalue weighted by molar-refractivity contribution is 9.10. The third-order valence-electron chi connectivity index (χ3n) is 5.11. The normalized spacial score (nSPS) is 15.5. The van der Waals surface area contributed by atoms with Crippen molar-refractivity contribution < 1.29 is 24.4 Å². The van der Waals surface area contributed by atoms with Crippen molar-refractivity contribution in [1.29, 1.82) is 0 Å². The van der Waals surface area contributed by atoms with Gasteiger partial charge in [0, 0.05) is 19.2 Å². The summed E-state index contributed by atoms with van der Waals surface area (Å²) < 4.78 is 6.47. The lowest BCUT2D eigenvalue weighted by atomic mass is 10.2. The number of aromatic carboxylic acids is 1. The van der Waals surface area contributed by atoms with Gasteiger partial charge in [-0.1, -0.05) is 18.2 Å². The molecule has 0 unspecified atom stereocenters. The molecule has 1 aliphatic heterocycles. The molecule has 0 atom stereocenters. The Kier molecular flexibility index (Phi) is 7.51. The Morgan fingerprint density at radius 2 is 1.94 bits per heavy atom. The minimum atomic E-state index is -1.02. The molecule has 0 bridgehead atoms. The number of carbonyl (C=O) groups excluding carboxylic acids is 1. The fourth-order valence-corrected chi connectivity index (χ4v) is 4.73. The van der Waals surface area contributed by atoms with Crippen LogP contribution < -0.4 is 4.74 Å². The molecule has 0 spiro atoms. The molecule has 1 saturated heterocycles. The standard InChI is InChI=1S/C25H18BrN3O6S/c1-28-23(30)22(36-25(28)27-18-8-6-17(7-9-18)24(31)32)13-15-5-10-21(20(26)12-15)35-14-16-3-2-4-19(11-16)29(33)34/h2-13H,14H2,1H3,(H,31,32)/b22-13-,27-25?. The van der Waals surface area contributed by atoms with Crippen molar-refractivity contribution in [1.82, 2.24) is 4.90 Å². The van der Waals surface area contributed by atoms with Crippen molar-refractivity contribution in [3.63, 3.8) is 0 Å². The van der Waals surface area contributed by atoms with Crippen molar-refractivity contribution in [2.75, 3.05) is 7.05 Å². The number of aliphatic imine (C=N–C) groups is 1. The number of amides is 1. The SMILES string of the molecule is CN1C(=O)/C(=C/c2ccc(OCc3cccc([N+](=O)[O-])c3)c(Br)c2)SC1=Nc1ccc(C(=O)O)cc1. The lowest BCUT2D eigenvalue weighted by Gasteiger charge is -2.09. The first kappa shape index (κ1) is 25.1. The number of likely N-dealkylation sites (N-methyl/N-ethyl adjacent to an activating group) is 1. The van der Waals surface area contributed by atoms with E-state index in [4.69, 9.17) is 9.84 Å². The van der Waals surface area contributed by atoms with E-state index < -0.39 is 10.9 Å². The van der Waals surface area contributed by atoms with Gasteiger partial charge in [0.05, 0.1) is 25.6 Å². The lowest BCUT2D eigenvalue weighted by molar-refractivity contribution is -0.384. The predicted molar refractivity (Wildman–Crippen MR) is 140 cm³/mol. The summed E-state index contributed by atoms with van der Waals surface area (Å²) in [5.74, 6) is -0.671. The van der Waals surface area contributed by atoms with Crippen molar-refractivity contribution in [3.8, 4) is 5.75 Å². The first-order valence-electron chi connectivity index (χ1n) is 10.5. The van der Waals surface area contributed by atoms with E-state index in [9.17, 15) is 19.7 Å². The van der Waals surface area contributed by atoms with Crippen LogP contribution in [-0.4, -0.2) is 39.0 Å². The first-order valence-corrected chi connectivity index (χ1v) is 12.1. The van der Waals surface area contributed by atoms with Crippen LogP contribution in [0.2, 0.25) is 0 Å². The number of non-ortho nitro benzene ring substituents is 1. The van der Waals surface area contributed by atoms with Gasteiger partial charge >= 0.3 is 5.97 Å². The highest BCUT2D eigenvalue weighted by atomic mass is 79.9. The molecule has 1 aliphatic rings. The summed E-state index contributed by atoms with van der Waals surface area (Å²) in [6.45, 7) is 0.160. The number of nitrogens with zero attached hydrogens (tertiary/aromatic N) is 3. The first-order chi connectivity index (χ1) is 17.2. The van der Waals surface area contributed by atoms with Crippen LogP contribution in [0.4, 0.5) is 11.4 Å². The average Bonchev–Trinajstić information content (AvgIpc) is 3.11.